The van der Waals surface area contributed by atoms with E-state index in [2.05, 4.69) is 48.7 Å². The fraction of sp³-hybridized carbons (Fsp3) is 0.500. The highest BCUT2D eigenvalue weighted by Gasteiger charge is 2.21. The van der Waals surface area contributed by atoms with Gasteiger partial charge in [-0.25, -0.2) is 15.0 Å². The van der Waals surface area contributed by atoms with Gasteiger partial charge in [-0.2, -0.15) is 0 Å². The number of piperazine rings is 1. The van der Waals surface area contributed by atoms with Gasteiger partial charge in [0.1, 0.15) is 23.8 Å². The Labute approximate surface area is 143 Å². The third-order valence-corrected chi connectivity index (χ3v) is 4.95. The number of pyridine rings is 1. The van der Waals surface area contributed by atoms with Crippen LogP contribution in [0.3, 0.4) is 0 Å². The SMILES string of the molecule is Cc1cccnc1N1CCN(c2cc(N3CCCC3)ncn2)CC1. The Kier molecular flexibility index (Phi) is 4.19. The summed E-state index contributed by atoms with van der Waals surface area (Å²) in [5.74, 6) is 3.22. The van der Waals surface area contributed by atoms with E-state index in [1.807, 2.05) is 12.3 Å². The third kappa shape index (κ3) is 3.00. The maximum absolute atomic E-state index is 4.54. The topological polar surface area (TPSA) is 48.4 Å². The first-order valence-electron chi connectivity index (χ1n) is 8.80. The standard InChI is InChI=1S/C18H24N6/c1-15-5-4-6-19-18(15)24-11-9-23(10-12-24)17-13-16(20-14-21-17)22-7-2-3-8-22/h4-6,13-14H,2-3,7-12H2,1H3. The molecule has 2 aliphatic rings. The Morgan fingerprint density at radius 3 is 2.08 bits per heavy atom. The largest absolute Gasteiger partial charge is 0.356 e. The van der Waals surface area contributed by atoms with Crippen molar-refractivity contribution in [2.24, 2.45) is 0 Å². The lowest BCUT2D eigenvalue weighted by Crippen LogP contribution is -2.47. The van der Waals surface area contributed by atoms with E-state index >= 15 is 0 Å². The van der Waals surface area contributed by atoms with Gasteiger partial charge < -0.3 is 14.7 Å². The molecule has 2 fully saturated rings. The van der Waals surface area contributed by atoms with Crippen LogP contribution in [0.2, 0.25) is 0 Å². The average Bonchev–Trinajstić information content (AvgIpc) is 3.17. The molecule has 6 heteroatoms. The third-order valence-electron chi connectivity index (χ3n) is 4.95. The lowest BCUT2D eigenvalue weighted by Gasteiger charge is -2.36. The van der Waals surface area contributed by atoms with Gasteiger partial charge in [0.25, 0.3) is 0 Å². The van der Waals surface area contributed by atoms with Gasteiger partial charge in [0, 0.05) is 51.5 Å². The number of anilines is 3. The highest BCUT2D eigenvalue weighted by Crippen LogP contribution is 2.23. The molecule has 24 heavy (non-hydrogen) atoms. The van der Waals surface area contributed by atoms with E-state index in [1.165, 1.54) is 18.4 Å². The molecule has 2 aliphatic heterocycles. The zero-order valence-corrected chi connectivity index (χ0v) is 14.2. The van der Waals surface area contributed by atoms with E-state index < -0.39 is 0 Å². The molecule has 0 saturated carbocycles. The molecule has 0 unspecified atom stereocenters. The first-order chi connectivity index (χ1) is 11.8. The number of nitrogens with zero attached hydrogens (tertiary/aromatic N) is 6. The first-order valence-corrected chi connectivity index (χ1v) is 8.80. The Morgan fingerprint density at radius 2 is 1.42 bits per heavy atom. The van der Waals surface area contributed by atoms with Crippen LogP contribution in [-0.2, 0) is 0 Å². The molecule has 2 aromatic rings. The Balaban J connectivity index is 1.44. The van der Waals surface area contributed by atoms with Crippen molar-refractivity contribution >= 4 is 17.5 Å². The van der Waals surface area contributed by atoms with Crippen LogP contribution in [0.15, 0.2) is 30.7 Å². The lowest BCUT2D eigenvalue weighted by molar-refractivity contribution is 0.639. The maximum Gasteiger partial charge on any atom is 0.134 e. The smallest absolute Gasteiger partial charge is 0.134 e. The number of aromatic nitrogens is 3. The quantitative estimate of drug-likeness (QED) is 0.862. The van der Waals surface area contributed by atoms with Gasteiger partial charge in [-0.1, -0.05) is 6.07 Å². The van der Waals surface area contributed by atoms with E-state index in [4.69, 9.17) is 0 Å². The fourth-order valence-corrected chi connectivity index (χ4v) is 3.59. The normalized spacial score (nSPS) is 18.3. The predicted octanol–water partition coefficient (Wildman–Crippen LogP) is 2.11. The highest BCUT2D eigenvalue weighted by molar-refractivity contribution is 5.53. The second-order valence-electron chi connectivity index (χ2n) is 6.55. The number of hydrogen-bond donors (Lipinski definition) is 0. The van der Waals surface area contributed by atoms with Gasteiger partial charge >= 0.3 is 0 Å². The summed E-state index contributed by atoms with van der Waals surface area (Å²) in [6, 6.07) is 6.27. The van der Waals surface area contributed by atoms with Gasteiger partial charge in [0.2, 0.25) is 0 Å². The lowest BCUT2D eigenvalue weighted by atomic mass is 10.2. The summed E-state index contributed by atoms with van der Waals surface area (Å²) in [5.41, 5.74) is 1.24. The van der Waals surface area contributed by atoms with E-state index in [0.29, 0.717) is 0 Å². The summed E-state index contributed by atoms with van der Waals surface area (Å²) in [5, 5.41) is 0. The van der Waals surface area contributed by atoms with Crippen LogP contribution in [0.25, 0.3) is 0 Å². The number of rotatable bonds is 3. The summed E-state index contributed by atoms with van der Waals surface area (Å²) in [6.45, 7) is 8.23. The van der Waals surface area contributed by atoms with E-state index in [9.17, 15) is 0 Å². The molecule has 4 heterocycles. The minimum absolute atomic E-state index is 0.965. The zero-order valence-electron chi connectivity index (χ0n) is 14.2. The molecular formula is C18H24N6. The molecule has 0 amide bonds. The van der Waals surface area contributed by atoms with Crippen LogP contribution in [-0.4, -0.2) is 54.2 Å². The van der Waals surface area contributed by atoms with Crippen molar-refractivity contribution in [2.45, 2.75) is 19.8 Å². The summed E-state index contributed by atoms with van der Waals surface area (Å²) >= 11 is 0. The van der Waals surface area contributed by atoms with Gasteiger partial charge in [-0.3, -0.25) is 0 Å². The first kappa shape index (κ1) is 15.2. The van der Waals surface area contributed by atoms with Crippen molar-refractivity contribution in [2.75, 3.05) is 54.0 Å². The molecule has 0 atom stereocenters. The molecule has 0 N–H and O–H groups in total. The van der Waals surface area contributed by atoms with Crippen LogP contribution < -0.4 is 14.7 Å². The summed E-state index contributed by atoms with van der Waals surface area (Å²) in [7, 11) is 0. The van der Waals surface area contributed by atoms with Crippen molar-refractivity contribution in [1.29, 1.82) is 0 Å². The van der Waals surface area contributed by atoms with Crippen LogP contribution in [0, 0.1) is 6.92 Å². The Morgan fingerprint density at radius 1 is 0.792 bits per heavy atom. The van der Waals surface area contributed by atoms with E-state index in [1.54, 1.807) is 6.33 Å². The summed E-state index contributed by atoms with van der Waals surface area (Å²) in [4.78, 5) is 20.6. The molecule has 0 aromatic carbocycles. The number of hydrogen-bond acceptors (Lipinski definition) is 6. The Hall–Kier alpha value is -2.37. The van der Waals surface area contributed by atoms with Crippen molar-refractivity contribution in [1.82, 2.24) is 15.0 Å². The van der Waals surface area contributed by atoms with Gasteiger partial charge in [0.15, 0.2) is 0 Å². The van der Waals surface area contributed by atoms with Crippen LogP contribution in [0.5, 0.6) is 0 Å². The molecule has 2 saturated heterocycles. The van der Waals surface area contributed by atoms with Crippen LogP contribution >= 0.6 is 0 Å². The average molecular weight is 324 g/mol. The molecule has 2 aromatic heterocycles. The van der Waals surface area contributed by atoms with E-state index in [-0.39, 0.29) is 0 Å². The van der Waals surface area contributed by atoms with Crippen molar-refractivity contribution in [3.05, 3.63) is 36.3 Å². The van der Waals surface area contributed by atoms with Gasteiger partial charge in [-0.15, -0.1) is 0 Å². The Bertz CT molecular complexity index is 689. The molecule has 4 rings (SSSR count). The van der Waals surface area contributed by atoms with Gasteiger partial charge in [-0.05, 0) is 31.4 Å². The molecule has 0 aliphatic carbocycles. The monoisotopic (exact) mass is 324 g/mol. The molecule has 0 bridgehead atoms. The molecule has 6 nitrogen and oxygen atoms in total. The fourth-order valence-electron chi connectivity index (χ4n) is 3.59. The minimum atomic E-state index is 0.965. The van der Waals surface area contributed by atoms with E-state index in [0.717, 1.165) is 56.7 Å². The highest BCUT2D eigenvalue weighted by atomic mass is 15.3. The van der Waals surface area contributed by atoms with Crippen molar-refractivity contribution < 1.29 is 0 Å². The molecule has 0 spiro atoms. The number of aryl methyl sites for hydroxylation is 1. The van der Waals surface area contributed by atoms with Crippen molar-refractivity contribution in [3.63, 3.8) is 0 Å². The second kappa shape index (κ2) is 6.63. The maximum atomic E-state index is 4.54. The predicted molar refractivity (Wildman–Crippen MR) is 96.9 cm³/mol. The van der Waals surface area contributed by atoms with Gasteiger partial charge in [0.05, 0.1) is 0 Å². The minimum Gasteiger partial charge on any atom is -0.356 e. The molecule has 0 radical (unpaired) electrons. The summed E-state index contributed by atoms with van der Waals surface area (Å²) < 4.78 is 0. The van der Waals surface area contributed by atoms with Crippen LogP contribution in [0.1, 0.15) is 18.4 Å². The van der Waals surface area contributed by atoms with Crippen molar-refractivity contribution in [3.8, 4) is 0 Å². The van der Waals surface area contributed by atoms with Crippen LogP contribution in [0.4, 0.5) is 17.5 Å². The zero-order chi connectivity index (χ0) is 16.4. The molecular weight excluding hydrogens is 300 g/mol. The molecule has 126 valence electrons. The summed E-state index contributed by atoms with van der Waals surface area (Å²) in [6.07, 6.45) is 6.11. The second-order valence-corrected chi connectivity index (χ2v) is 6.55.